The van der Waals surface area contributed by atoms with Crippen LogP contribution in [0.5, 0.6) is 0 Å². The van der Waals surface area contributed by atoms with E-state index in [1.54, 1.807) is 27.7 Å². The highest BCUT2D eigenvalue weighted by atomic mass is 32.2. The number of hydrogen-bond acceptors (Lipinski definition) is 5. The van der Waals surface area contributed by atoms with Gasteiger partial charge in [0.15, 0.2) is 0 Å². The molecule has 0 aliphatic carbocycles. The summed E-state index contributed by atoms with van der Waals surface area (Å²) in [4.78, 5) is 26.1. The molecule has 4 nitrogen and oxygen atoms in total. The third kappa shape index (κ3) is 6.84. The van der Waals surface area contributed by atoms with Crippen LogP contribution in [0.4, 0.5) is 0 Å². The second kappa shape index (κ2) is 10.3. The molecular formula is C25H40O4S. The van der Waals surface area contributed by atoms with Crippen LogP contribution in [-0.4, -0.2) is 24.0 Å². The maximum Gasteiger partial charge on any atom is 0.322 e. The first kappa shape index (κ1) is 26.7. The molecule has 1 rings (SSSR count). The fourth-order valence-electron chi connectivity index (χ4n) is 2.89. The highest BCUT2D eigenvalue weighted by molar-refractivity contribution is 7.94. The van der Waals surface area contributed by atoms with E-state index < -0.39 is 17.0 Å². The van der Waals surface area contributed by atoms with E-state index in [1.165, 1.54) is 35.7 Å². The topological polar surface area (TPSA) is 52.6 Å². The Morgan fingerprint density at radius 2 is 1.37 bits per heavy atom. The summed E-state index contributed by atoms with van der Waals surface area (Å²) in [6.07, 6.45) is 0. The molecule has 1 aromatic rings. The van der Waals surface area contributed by atoms with Crippen molar-refractivity contribution in [2.75, 3.05) is 6.61 Å². The molecule has 5 heteroatoms. The number of esters is 1. The minimum Gasteiger partial charge on any atom is -0.459 e. The Morgan fingerprint density at radius 1 is 0.900 bits per heavy atom. The van der Waals surface area contributed by atoms with Gasteiger partial charge in [-0.15, -0.1) is 0 Å². The SMILES string of the molecule is CC(=O)C(C)(COSc1c(C(C)C)cc(C(C)C)cc1C(C)C)C(=O)OC(C)(C)C. The van der Waals surface area contributed by atoms with Crippen LogP contribution < -0.4 is 0 Å². The quantitative estimate of drug-likeness (QED) is 0.236. The first-order valence-corrected chi connectivity index (χ1v) is 11.6. The number of ether oxygens (including phenoxy) is 1. The zero-order chi connectivity index (χ0) is 23.4. The van der Waals surface area contributed by atoms with Crippen LogP contribution in [0.1, 0.15) is 111 Å². The van der Waals surface area contributed by atoms with E-state index in [2.05, 4.69) is 53.7 Å². The number of carbonyl (C=O) groups excluding carboxylic acids is 2. The molecule has 0 saturated heterocycles. The summed E-state index contributed by atoms with van der Waals surface area (Å²) in [7, 11) is 0. The van der Waals surface area contributed by atoms with Crippen LogP contribution >= 0.6 is 12.0 Å². The van der Waals surface area contributed by atoms with Crippen molar-refractivity contribution in [1.29, 1.82) is 0 Å². The molecule has 0 N–H and O–H groups in total. The van der Waals surface area contributed by atoms with Crippen molar-refractivity contribution in [2.24, 2.45) is 5.41 Å². The molecule has 30 heavy (non-hydrogen) atoms. The number of rotatable bonds is 9. The normalized spacial score (nSPS) is 14.3. The summed E-state index contributed by atoms with van der Waals surface area (Å²) in [6, 6.07) is 4.51. The number of carbonyl (C=O) groups is 2. The highest BCUT2D eigenvalue weighted by Crippen LogP contribution is 2.39. The molecule has 1 atom stereocenters. The Balaban J connectivity index is 3.21. The minimum absolute atomic E-state index is 0.0388. The molecule has 170 valence electrons. The lowest BCUT2D eigenvalue weighted by atomic mass is 9.87. The Hall–Kier alpha value is -1.33. The molecule has 0 aliphatic rings. The van der Waals surface area contributed by atoms with E-state index in [4.69, 9.17) is 8.92 Å². The van der Waals surface area contributed by atoms with E-state index in [1.807, 2.05) is 0 Å². The molecule has 0 bridgehead atoms. The van der Waals surface area contributed by atoms with Crippen molar-refractivity contribution < 1.29 is 18.5 Å². The van der Waals surface area contributed by atoms with Gasteiger partial charge in [-0.2, -0.15) is 0 Å². The van der Waals surface area contributed by atoms with Gasteiger partial charge >= 0.3 is 5.97 Å². The van der Waals surface area contributed by atoms with E-state index >= 15 is 0 Å². The van der Waals surface area contributed by atoms with Crippen molar-refractivity contribution in [1.82, 2.24) is 0 Å². The van der Waals surface area contributed by atoms with Crippen LogP contribution in [0.25, 0.3) is 0 Å². The second-order valence-corrected chi connectivity index (χ2v) is 11.0. The average molecular weight is 437 g/mol. The van der Waals surface area contributed by atoms with Gasteiger partial charge in [0.1, 0.15) is 16.8 Å². The van der Waals surface area contributed by atoms with Crippen LogP contribution in [-0.2, 0) is 18.5 Å². The molecule has 0 spiro atoms. The van der Waals surface area contributed by atoms with Gasteiger partial charge < -0.3 is 8.92 Å². The Kier molecular flexibility index (Phi) is 9.19. The Morgan fingerprint density at radius 3 is 1.70 bits per heavy atom. The predicted octanol–water partition coefficient (Wildman–Crippen LogP) is 7.02. The van der Waals surface area contributed by atoms with Crippen molar-refractivity contribution in [3.05, 3.63) is 28.8 Å². The fraction of sp³-hybridized carbons (Fsp3) is 0.680. The summed E-state index contributed by atoms with van der Waals surface area (Å²) < 4.78 is 11.4. The number of ketones is 1. The summed E-state index contributed by atoms with van der Waals surface area (Å²) in [6.45, 7) is 21.4. The van der Waals surface area contributed by atoms with Crippen LogP contribution in [0.3, 0.4) is 0 Å². The second-order valence-electron chi connectivity index (χ2n) is 10.2. The van der Waals surface area contributed by atoms with Gasteiger partial charge in [-0.3, -0.25) is 9.59 Å². The number of Topliss-reactive ketones (excluding diaryl/α,β-unsaturated/α-hetero) is 1. The number of benzene rings is 1. The van der Waals surface area contributed by atoms with Gasteiger partial charge in [0, 0.05) is 16.9 Å². The van der Waals surface area contributed by atoms with Crippen LogP contribution in [0, 0.1) is 5.41 Å². The van der Waals surface area contributed by atoms with Gasteiger partial charge in [0.2, 0.25) is 0 Å². The zero-order valence-electron chi connectivity index (χ0n) is 20.6. The summed E-state index contributed by atoms with van der Waals surface area (Å²) in [5, 5.41) is 0. The average Bonchev–Trinajstić information content (AvgIpc) is 2.58. The van der Waals surface area contributed by atoms with Crippen molar-refractivity contribution in [3.8, 4) is 0 Å². The zero-order valence-corrected chi connectivity index (χ0v) is 21.5. The minimum atomic E-state index is -1.34. The van der Waals surface area contributed by atoms with Crippen molar-refractivity contribution >= 4 is 23.8 Å². The van der Waals surface area contributed by atoms with E-state index in [0.717, 1.165) is 4.90 Å². The molecule has 0 aromatic heterocycles. The smallest absolute Gasteiger partial charge is 0.322 e. The third-order valence-electron chi connectivity index (χ3n) is 5.20. The van der Waals surface area contributed by atoms with Crippen molar-refractivity contribution in [2.45, 2.75) is 104 Å². The molecule has 0 amide bonds. The predicted molar refractivity (Wildman–Crippen MR) is 125 cm³/mol. The van der Waals surface area contributed by atoms with Gasteiger partial charge in [0.05, 0.1) is 6.61 Å². The molecule has 0 aliphatic heterocycles. The van der Waals surface area contributed by atoms with Gasteiger partial charge in [-0.05, 0) is 69.1 Å². The van der Waals surface area contributed by atoms with Gasteiger partial charge in [-0.25, -0.2) is 0 Å². The standard InChI is InChI=1S/C25H40O4S/c1-15(2)19-12-20(16(3)4)22(21(13-19)17(5)6)30-28-14-25(11,18(7)26)23(27)29-24(8,9)10/h12-13,15-17H,14H2,1-11H3. The van der Waals surface area contributed by atoms with Gasteiger partial charge in [0.25, 0.3) is 0 Å². The Bertz CT molecular complexity index is 730. The highest BCUT2D eigenvalue weighted by Gasteiger charge is 2.42. The first-order valence-electron chi connectivity index (χ1n) is 10.8. The third-order valence-corrected chi connectivity index (χ3v) is 6.07. The van der Waals surface area contributed by atoms with E-state index in [-0.39, 0.29) is 12.4 Å². The van der Waals surface area contributed by atoms with Crippen LogP contribution in [0.15, 0.2) is 17.0 Å². The monoisotopic (exact) mass is 436 g/mol. The fourth-order valence-corrected chi connectivity index (χ4v) is 4.08. The summed E-state index contributed by atoms with van der Waals surface area (Å²) in [5.74, 6) is 0.287. The largest absolute Gasteiger partial charge is 0.459 e. The maximum absolute atomic E-state index is 12.7. The molecule has 0 fully saturated rings. The molecule has 0 heterocycles. The summed E-state index contributed by atoms with van der Waals surface area (Å²) >= 11 is 1.27. The maximum atomic E-state index is 12.7. The molecule has 0 saturated carbocycles. The van der Waals surface area contributed by atoms with E-state index in [9.17, 15) is 9.59 Å². The number of hydrogen-bond donors (Lipinski definition) is 0. The molecule has 1 aromatic carbocycles. The molecular weight excluding hydrogens is 396 g/mol. The van der Waals surface area contributed by atoms with Crippen molar-refractivity contribution in [3.63, 3.8) is 0 Å². The van der Waals surface area contributed by atoms with Crippen LogP contribution in [0.2, 0.25) is 0 Å². The first-order chi connectivity index (χ1) is 13.6. The summed E-state index contributed by atoms with van der Waals surface area (Å²) in [5.41, 5.74) is 1.78. The molecule has 0 radical (unpaired) electrons. The molecule has 1 unspecified atom stereocenters. The lowest BCUT2D eigenvalue weighted by molar-refractivity contribution is -0.170. The lowest BCUT2D eigenvalue weighted by Gasteiger charge is -2.29. The van der Waals surface area contributed by atoms with Gasteiger partial charge in [-0.1, -0.05) is 53.7 Å². The lowest BCUT2D eigenvalue weighted by Crippen LogP contribution is -2.43. The Labute approximate surface area is 187 Å². The van der Waals surface area contributed by atoms with E-state index in [0.29, 0.717) is 17.8 Å².